The summed E-state index contributed by atoms with van der Waals surface area (Å²) in [7, 11) is 0. The number of pyridine rings is 1. The van der Waals surface area contributed by atoms with Crippen LogP contribution in [-0.2, 0) is 0 Å². The van der Waals surface area contributed by atoms with Gasteiger partial charge >= 0.3 is 0 Å². The Balaban J connectivity index is 0.000000915. The van der Waals surface area contributed by atoms with Gasteiger partial charge in [-0.05, 0) is 76.8 Å². The number of benzene rings is 1. The van der Waals surface area contributed by atoms with E-state index in [1.807, 2.05) is 64.6 Å². The molecule has 0 N–H and O–H groups in total. The predicted octanol–water partition coefficient (Wildman–Crippen LogP) is 11.1. The Morgan fingerprint density at radius 3 is 2.09 bits per heavy atom. The SMILES string of the molecule is C=C(C)N=C/C(C)=C\C.CC.CCCC(CCC)n1nnc2cc(-c3cc(F)c(C(C)=O)cc3C)ncc21.CCCCC. The van der Waals surface area contributed by atoms with E-state index in [1.54, 1.807) is 12.3 Å². The van der Waals surface area contributed by atoms with Gasteiger partial charge in [0.2, 0.25) is 0 Å². The molecule has 0 unspecified atom stereocenters. The lowest BCUT2D eigenvalue weighted by Gasteiger charge is -2.16. The molecule has 238 valence electrons. The number of unbranched alkanes of at least 4 members (excludes halogenated alkanes) is 2. The van der Waals surface area contributed by atoms with Gasteiger partial charge in [-0.1, -0.05) is 91.5 Å². The Labute approximate surface area is 260 Å². The molecule has 0 aliphatic carbocycles. The molecule has 0 aliphatic rings. The third-order valence-electron chi connectivity index (χ3n) is 6.57. The van der Waals surface area contributed by atoms with E-state index in [1.165, 1.54) is 32.3 Å². The van der Waals surface area contributed by atoms with E-state index in [4.69, 9.17) is 0 Å². The van der Waals surface area contributed by atoms with Crippen molar-refractivity contribution in [1.29, 1.82) is 0 Å². The summed E-state index contributed by atoms with van der Waals surface area (Å²) in [5, 5.41) is 8.67. The van der Waals surface area contributed by atoms with Crippen molar-refractivity contribution in [2.24, 2.45) is 4.99 Å². The average molecular weight is 594 g/mol. The molecule has 43 heavy (non-hydrogen) atoms. The molecule has 0 saturated carbocycles. The fourth-order valence-corrected chi connectivity index (χ4v) is 4.18. The van der Waals surface area contributed by atoms with Crippen LogP contribution in [0, 0.1) is 12.7 Å². The fraction of sp³-hybridized carbons (Fsp3) is 0.528. The molecule has 2 heterocycles. The first-order valence-corrected chi connectivity index (χ1v) is 15.9. The zero-order valence-electron chi connectivity index (χ0n) is 28.7. The van der Waals surface area contributed by atoms with Gasteiger partial charge in [0.15, 0.2) is 5.78 Å². The van der Waals surface area contributed by atoms with Gasteiger partial charge < -0.3 is 0 Å². The molecule has 0 saturated heterocycles. The normalized spacial score (nSPS) is 11.0. The summed E-state index contributed by atoms with van der Waals surface area (Å²) in [4.78, 5) is 20.1. The van der Waals surface area contributed by atoms with Crippen LogP contribution >= 0.6 is 0 Å². The van der Waals surface area contributed by atoms with Gasteiger partial charge in [0, 0.05) is 17.5 Å². The Kier molecular flexibility index (Phi) is 20.3. The summed E-state index contributed by atoms with van der Waals surface area (Å²) in [5.41, 5.74) is 5.84. The molecule has 7 heteroatoms. The van der Waals surface area contributed by atoms with Crippen molar-refractivity contribution < 1.29 is 9.18 Å². The second-order valence-electron chi connectivity index (χ2n) is 10.4. The minimum absolute atomic E-state index is 0.102. The summed E-state index contributed by atoms with van der Waals surface area (Å²) >= 11 is 0. The van der Waals surface area contributed by atoms with Crippen LogP contribution in [0.25, 0.3) is 22.3 Å². The quantitative estimate of drug-likeness (QED) is 0.164. The van der Waals surface area contributed by atoms with Crippen molar-refractivity contribution in [3.05, 3.63) is 65.3 Å². The fourth-order valence-electron chi connectivity index (χ4n) is 4.18. The number of fused-ring (bicyclic) bond motifs is 1. The number of aryl methyl sites for hydroxylation is 1. The second-order valence-corrected chi connectivity index (χ2v) is 10.4. The lowest BCUT2D eigenvalue weighted by Crippen LogP contribution is -2.10. The standard InChI is InChI=1S/C21H25FN4O.C8H13N.C5H12.C2H6/c1-5-7-15(8-6-2)26-21-12-23-19(11-20(21)24-25-26)16-10-18(22)17(14(4)27)9-13(16)3;1-5-8(4)6-9-7(2)3;1-3-5-4-2;1-2/h9-12,15H,5-8H2,1-4H3;5-6H,2H2,1,3-4H3;3-5H2,1-2H3;1-2H3/b;8-5-,9-6?;;. The molecule has 0 aliphatic heterocycles. The molecule has 3 aromatic rings. The Hall–Kier alpha value is -3.48. The van der Waals surface area contributed by atoms with Crippen LogP contribution in [0.1, 0.15) is 136 Å². The number of hydrogen-bond donors (Lipinski definition) is 0. The second kappa shape index (κ2) is 22.1. The Morgan fingerprint density at radius 1 is 1.02 bits per heavy atom. The van der Waals surface area contributed by atoms with Crippen molar-refractivity contribution in [2.75, 3.05) is 0 Å². The highest BCUT2D eigenvalue weighted by Gasteiger charge is 2.17. The number of ketones is 1. The maximum Gasteiger partial charge on any atom is 0.162 e. The molecule has 0 amide bonds. The summed E-state index contributed by atoms with van der Waals surface area (Å²) in [6.07, 6.45) is 13.9. The van der Waals surface area contributed by atoms with Gasteiger partial charge in [0.25, 0.3) is 0 Å². The van der Waals surface area contributed by atoms with Gasteiger partial charge in [-0.3, -0.25) is 14.8 Å². The smallest absolute Gasteiger partial charge is 0.162 e. The third-order valence-corrected chi connectivity index (χ3v) is 6.57. The average Bonchev–Trinajstić information content (AvgIpc) is 3.42. The van der Waals surface area contributed by atoms with E-state index < -0.39 is 5.82 Å². The van der Waals surface area contributed by atoms with E-state index in [9.17, 15) is 9.18 Å². The van der Waals surface area contributed by atoms with Crippen LogP contribution in [0.5, 0.6) is 0 Å². The number of Topliss-reactive ketones (excluding diaryl/α,β-unsaturated/α-hetero) is 1. The van der Waals surface area contributed by atoms with Gasteiger partial charge in [-0.2, -0.15) is 0 Å². The van der Waals surface area contributed by atoms with Crippen LogP contribution in [0.3, 0.4) is 0 Å². The summed E-state index contributed by atoms with van der Waals surface area (Å²) < 4.78 is 16.2. The van der Waals surface area contributed by atoms with E-state index in [-0.39, 0.29) is 11.3 Å². The molecule has 0 radical (unpaired) electrons. The highest BCUT2D eigenvalue weighted by Crippen LogP contribution is 2.29. The third kappa shape index (κ3) is 13.6. The van der Waals surface area contributed by atoms with Crippen molar-refractivity contribution in [2.45, 2.75) is 127 Å². The molecule has 0 fully saturated rings. The molecule has 2 aromatic heterocycles. The van der Waals surface area contributed by atoms with Gasteiger partial charge in [0.1, 0.15) is 16.9 Å². The molecule has 6 nitrogen and oxygen atoms in total. The minimum atomic E-state index is -0.528. The molecule has 0 atom stereocenters. The number of carbonyl (C=O) groups is 1. The lowest BCUT2D eigenvalue weighted by atomic mass is 9.99. The highest BCUT2D eigenvalue weighted by atomic mass is 19.1. The first-order chi connectivity index (χ1) is 20.5. The number of hydrogen-bond acceptors (Lipinski definition) is 5. The van der Waals surface area contributed by atoms with Crippen molar-refractivity contribution in [1.82, 2.24) is 20.0 Å². The van der Waals surface area contributed by atoms with E-state index in [0.29, 0.717) is 17.3 Å². The Morgan fingerprint density at radius 2 is 1.63 bits per heavy atom. The highest BCUT2D eigenvalue weighted by molar-refractivity contribution is 5.95. The molecular formula is C36H56FN5O. The molecule has 0 spiro atoms. The molecule has 1 aromatic carbocycles. The minimum Gasteiger partial charge on any atom is -0.294 e. The van der Waals surface area contributed by atoms with E-state index in [0.717, 1.165) is 53.6 Å². The van der Waals surface area contributed by atoms with E-state index >= 15 is 0 Å². The largest absolute Gasteiger partial charge is 0.294 e. The van der Waals surface area contributed by atoms with E-state index in [2.05, 4.69) is 54.6 Å². The van der Waals surface area contributed by atoms with Crippen molar-refractivity contribution in [3.63, 3.8) is 0 Å². The lowest BCUT2D eigenvalue weighted by molar-refractivity contribution is 0.101. The van der Waals surface area contributed by atoms with Gasteiger partial charge in [0.05, 0.1) is 23.5 Å². The number of allylic oxidation sites excluding steroid dienone is 3. The first kappa shape index (κ1) is 39.5. The van der Waals surface area contributed by atoms with Crippen LogP contribution in [0.2, 0.25) is 0 Å². The Bertz CT molecular complexity index is 1310. The van der Waals surface area contributed by atoms with Crippen LogP contribution < -0.4 is 0 Å². The maximum absolute atomic E-state index is 14.3. The number of rotatable bonds is 11. The first-order valence-electron chi connectivity index (χ1n) is 15.9. The number of nitrogens with zero attached hydrogens (tertiary/aromatic N) is 5. The maximum atomic E-state index is 14.3. The van der Waals surface area contributed by atoms with Gasteiger partial charge in [-0.25, -0.2) is 9.07 Å². The number of aromatic nitrogens is 4. The predicted molar refractivity (Wildman–Crippen MR) is 184 cm³/mol. The topological polar surface area (TPSA) is 73.0 Å². The number of carbonyl (C=O) groups excluding carboxylic acids is 1. The summed E-state index contributed by atoms with van der Waals surface area (Å²) in [6, 6.07) is 5.10. The van der Waals surface area contributed by atoms with Gasteiger partial charge in [-0.15, -0.1) is 5.10 Å². The summed E-state index contributed by atoms with van der Waals surface area (Å²) in [5.74, 6) is -0.814. The zero-order valence-corrected chi connectivity index (χ0v) is 28.7. The molecular weight excluding hydrogens is 537 g/mol. The number of aliphatic imine (C=N–C) groups is 1. The molecule has 0 bridgehead atoms. The van der Waals surface area contributed by atoms with Crippen LogP contribution in [0.4, 0.5) is 4.39 Å². The van der Waals surface area contributed by atoms with Crippen molar-refractivity contribution >= 4 is 23.0 Å². The van der Waals surface area contributed by atoms with Crippen LogP contribution in [-0.4, -0.2) is 32.0 Å². The molecule has 3 rings (SSSR count). The number of halogens is 1. The van der Waals surface area contributed by atoms with Crippen LogP contribution in [0.15, 0.2) is 53.3 Å². The summed E-state index contributed by atoms with van der Waals surface area (Å²) in [6.45, 7) is 25.5. The monoisotopic (exact) mass is 593 g/mol. The zero-order chi connectivity index (χ0) is 32.9. The van der Waals surface area contributed by atoms with Crippen molar-refractivity contribution in [3.8, 4) is 11.3 Å².